The van der Waals surface area contributed by atoms with Crippen molar-refractivity contribution in [3.05, 3.63) is 53.9 Å². The van der Waals surface area contributed by atoms with Gasteiger partial charge in [-0.1, -0.05) is 12.1 Å². The third kappa shape index (κ3) is 5.02. The first-order valence-corrected chi connectivity index (χ1v) is 10.9. The van der Waals surface area contributed by atoms with Gasteiger partial charge in [0.25, 0.3) is 5.91 Å². The Morgan fingerprint density at radius 2 is 1.97 bits per heavy atom. The van der Waals surface area contributed by atoms with Gasteiger partial charge in [0.05, 0.1) is 7.11 Å². The molecule has 5 nitrogen and oxygen atoms in total. The molecule has 2 aromatic rings. The Kier molecular flexibility index (Phi) is 6.24. The molecular formula is C24H33N3O2. The summed E-state index contributed by atoms with van der Waals surface area (Å²) in [4.78, 5) is 17.5. The monoisotopic (exact) mass is 395 g/mol. The molecule has 1 saturated heterocycles. The van der Waals surface area contributed by atoms with Crippen molar-refractivity contribution in [2.24, 2.45) is 5.92 Å². The van der Waals surface area contributed by atoms with Gasteiger partial charge < -0.3 is 19.1 Å². The van der Waals surface area contributed by atoms with Gasteiger partial charge in [0.15, 0.2) is 0 Å². The van der Waals surface area contributed by atoms with E-state index in [9.17, 15) is 4.79 Å². The lowest BCUT2D eigenvalue weighted by Gasteiger charge is -2.34. The lowest BCUT2D eigenvalue weighted by Crippen LogP contribution is -2.42. The number of benzene rings is 1. The zero-order chi connectivity index (χ0) is 20.2. The van der Waals surface area contributed by atoms with Crippen molar-refractivity contribution < 1.29 is 9.53 Å². The number of piperidine rings is 1. The molecule has 5 heteroatoms. The molecule has 156 valence electrons. The first kappa shape index (κ1) is 20.0. The Morgan fingerprint density at radius 1 is 1.17 bits per heavy atom. The minimum Gasteiger partial charge on any atom is -0.497 e. The van der Waals surface area contributed by atoms with Crippen LogP contribution in [-0.2, 0) is 6.42 Å². The molecule has 0 unspecified atom stereocenters. The van der Waals surface area contributed by atoms with Gasteiger partial charge in [-0.3, -0.25) is 4.79 Å². The molecule has 2 aliphatic rings. The number of hydrogen-bond donors (Lipinski definition) is 0. The quantitative estimate of drug-likeness (QED) is 0.681. The summed E-state index contributed by atoms with van der Waals surface area (Å²) in [5.74, 6) is 1.63. The van der Waals surface area contributed by atoms with Gasteiger partial charge in [-0.25, -0.2) is 0 Å². The fourth-order valence-corrected chi connectivity index (χ4v) is 4.49. The van der Waals surface area contributed by atoms with E-state index in [0.29, 0.717) is 12.0 Å². The molecule has 1 amide bonds. The topological polar surface area (TPSA) is 37.7 Å². The number of amides is 1. The second-order valence-electron chi connectivity index (χ2n) is 8.62. The van der Waals surface area contributed by atoms with Gasteiger partial charge in [-0.05, 0) is 74.4 Å². The average Bonchev–Trinajstić information content (AvgIpc) is 3.48. The molecule has 1 aliphatic heterocycles. The number of carbonyl (C=O) groups is 1. The molecule has 2 heterocycles. The fourth-order valence-electron chi connectivity index (χ4n) is 4.49. The van der Waals surface area contributed by atoms with Crippen LogP contribution in [0, 0.1) is 5.92 Å². The zero-order valence-corrected chi connectivity index (χ0v) is 17.7. The summed E-state index contributed by atoms with van der Waals surface area (Å²) in [5.41, 5.74) is 2.20. The normalized spacial score (nSPS) is 19.9. The van der Waals surface area contributed by atoms with Crippen LogP contribution in [0.3, 0.4) is 0 Å². The van der Waals surface area contributed by atoms with E-state index in [2.05, 4.69) is 27.8 Å². The standard InChI is InChI=1S/C24H33N3O2/c1-25(24(28)23-6-4-15-27(23)21-9-10-21)17-20-5-3-14-26(18-20)16-13-19-7-11-22(29-2)12-8-19/h4,6-8,11-12,15,20-21H,3,5,9-10,13-14,16-18H2,1-2H3/t20-/m0/s1. The number of carbonyl (C=O) groups excluding carboxylic acids is 1. The summed E-state index contributed by atoms with van der Waals surface area (Å²) < 4.78 is 7.41. The van der Waals surface area contributed by atoms with Crippen LogP contribution in [0.25, 0.3) is 0 Å². The van der Waals surface area contributed by atoms with Crippen LogP contribution < -0.4 is 4.74 Å². The molecule has 1 atom stereocenters. The molecule has 1 aromatic carbocycles. The Balaban J connectivity index is 1.27. The van der Waals surface area contributed by atoms with Crippen molar-refractivity contribution in [2.75, 3.05) is 40.3 Å². The first-order valence-electron chi connectivity index (χ1n) is 10.9. The van der Waals surface area contributed by atoms with Crippen LogP contribution in [-0.4, -0.2) is 60.6 Å². The van der Waals surface area contributed by atoms with Crippen molar-refractivity contribution >= 4 is 5.91 Å². The van der Waals surface area contributed by atoms with Crippen LogP contribution in [0.15, 0.2) is 42.6 Å². The van der Waals surface area contributed by atoms with Crippen LogP contribution in [0.2, 0.25) is 0 Å². The van der Waals surface area contributed by atoms with Gasteiger partial charge in [-0.15, -0.1) is 0 Å². The number of ether oxygens (including phenoxy) is 1. The van der Waals surface area contributed by atoms with Crippen LogP contribution in [0.1, 0.15) is 47.8 Å². The van der Waals surface area contributed by atoms with E-state index < -0.39 is 0 Å². The summed E-state index contributed by atoms with van der Waals surface area (Å²) in [6.07, 6.45) is 7.93. The van der Waals surface area contributed by atoms with E-state index in [1.165, 1.54) is 31.2 Å². The van der Waals surface area contributed by atoms with Crippen LogP contribution >= 0.6 is 0 Å². The van der Waals surface area contributed by atoms with Gasteiger partial charge in [0.1, 0.15) is 11.4 Å². The molecular weight excluding hydrogens is 362 g/mol. The van der Waals surface area contributed by atoms with E-state index >= 15 is 0 Å². The maximum absolute atomic E-state index is 13.0. The summed E-state index contributed by atoms with van der Waals surface area (Å²) in [6, 6.07) is 12.9. The third-order valence-corrected chi connectivity index (χ3v) is 6.30. The Hall–Kier alpha value is -2.27. The first-order chi connectivity index (χ1) is 14.1. The third-order valence-electron chi connectivity index (χ3n) is 6.30. The molecule has 1 saturated carbocycles. The second-order valence-corrected chi connectivity index (χ2v) is 8.62. The molecule has 0 bridgehead atoms. The van der Waals surface area contributed by atoms with E-state index in [-0.39, 0.29) is 5.91 Å². The molecule has 2 fully saturated rings. The highest BCUT2D eigenvalue weighted by Gasteiger charge is 2.29. The van der Waals surface area contributed by atoms with Gasteiger partial charge in [0, 0.05) is 38.9 Å². The zero-order valence-electron chi connectivity index (χ0n) is 17.7. The Bertz CT molecular complexity index is 810. The van der Waals surface area contributed by atoms with Crippen molar-refractivity contribution in [1.82, 2.24) is 14.4 Å². The van der Waals surface area contributed by atoms with Crippen LogP contribution in [0.4, 0.5) is 0 Å². The highest BCUT2D eigenvalue weighted by molar-refractivity contribution is 5.92. The second kappa shape index (κ2) is 9.04. The Morgan fingerprint density at radius 3 is 2.69 bits per heavy atom. The lowest BCUT2D eigenvalue weighted by molar-refractivity contribution is 0.0720. The predicted molar refractivity (Wildman–Crippen MR) is 116 cm³/mol. The van der Waals surface area contributed by atoms with E-state index in [0.717, 1.165) is 44.0 Å². The molecule has 0 N–H and O–H groups in total. The van der Waals surface area contributed by atoms with Gasteiger partial charge >= 0.3 is 0 Å². The van der Waals surface area contributed by atoms with E-state index in [4.69, 9.17) is 4.74 Å². The highest BCUT2D eigenvalue weighted by atomic mass is 16.5. The minimum absolute atomic E-state index is 0.164. The largest absolute Gasteiger partial charge is 0.497 e. The van der Waals surface area contributed by atoms with Crippen molar-refractivity contribution in [1.29, 1.82) is 0 Å². The van der Waals surface area contributed by atoms with Crippen molar-refractivity contribution in [3.63, 3.8) is 0 Å². The molecule has 0 radical (unpaired) electrons. The summed E-state index contributed by atoms with van der Waals surface area (Å²) in [6.45, 7) is 4.16. The molecule has 4 rings (SSSR count). The Labute approximate surface area is 174 Å². The minimum atomic E-state index is 0.164. The van der Waals surface area contributed by atoms with Crippen molar-refractivity contribution in [3.8, 4) is 5.75 Å². The number of rotatable bonds is 8. The number of nitrogens with zero attached hydrogens (tertiary/aromatic N) is 3. The SMILES string of the molecule is COc1ccc(CCN2CCC[C@@H](CN(C)C(=O)c3cccn3C3CC3)C2)cc1. The molecule has 0 spiro atoms. The summed E-state index contributed by atoms with van der Waals surface area (Å²) in [5, 5.41) is 0. The number of methoxy groups -OCH3 is 1. The van der Waals surface area contributed by atoms with E-state index in [1.54, 1.807) is 7.11 Å². The molecule has 29 heavy (non-hydrogen) atoms. The smallest absolute Gasteiger partial charge is 0.270 e. The summed E-state index contributed by atoms with van der Waals surface area (Å²) >= 11 is 0. The predicted octanol–water partition coefficient (Wildman–Crippen LogP) is 3.86. The number of aromatic nitrogens is 1. The lowest BCUT2D eigenvalue weighted by atomic mass is 9.97. The van der Waals surface area contributed by atoms with Gasteiger partial charge in [0.2, 0.25) is 0 Å². The maximum atomic E-state index is 13.0. The molecule has 1 aromatic heterocycles. The molecule has 1 aliphatic carbocycles. The van der Waals surface area contributed by atoms with Crippen molar-refractivity contribution in [2.45, 2.75) is 38.1 Å². The average molecular weight is 396 g/mol. The number of likely N-dealkylation sites (tertiary alicyclic amines) is 1. The van der Waals surface area contributed by atoms with Crippen LogP contribution in [0.5, 0.6) is 5.75 Å². The maximum Gasteiger partial charge on any atom is 0.270 e. The summed E-state index contributed by atoms with van der Waals surface area (Å²) in [7, 11) is 3.66. The number of hydrogen-bond acceptors (Lipinski definition) is 3. The van der Waals surface area contributed by atoms with E-state index in [1.807, 2.05) is 36.2 Å². The highest BCUT2D eigenvalue weighted by Crippen LogP contribution is 2.36. The fraction of sp³-hybridized carbons (Fsp3) is 0.542. The van der Waals surface area contributed by atoms with Gasteiger partial charge in [-0.2, -0.15) is 0 Å².